The fourth-order valence-corrected chi connectivity index (χ4v) is 3.75. The molecule has 2 saturated heterocycles. The Bertz CT molecular complexity index is 706. The van der Waals surface area contributed by atoms with E-state index in [1.807, 2.05) is 30.3 Å². The molecule has 2 aliphatic heterocycles. The number of nitrogens with one attached hydrogen (secondary N) is 2. The Morgan fingerprint density at radius 1 is 1.12 bits per heavy atom. The maximum Gasteiger partial charge on any atom is 0.300 e. The van der Waals surface area contributed by atoms with Crippen molar-refractivity contribution in [3.8, 4) is 0 Å². The normalized spacial score (nSPS) is 22.6. The summed E-state index contributed by atoms with van der Waals surface area (Å²) < 4.78 is 5.35. The number of carbonyl (C=O) groups excluding carboxylic acids is 1. The van der Waals surface area contributed by atoms with Crippen LogP contribution in [0.25, 0.3) is 0 Å². The number of carbonyl (C=O) groups is 3. The second-order valence-corrected chi connectivity index (χ2v) is 7.95. The monoisotopic (exact) mass is 467 g/mol. The molecule has 10 nitrogen and oxygen atoms in total. The van der Waals surface area contributed by atoms with Crippen molar-refractivity contribution in [3.63, 3.8) is 0 Å². The Morgan fingerprint density at radius 3 is 2.24 bits per heavy atom. The molecule has 33 heavy (non-hydrogen) atoms. The van der Waals surface area contributed by atoms with Gasteiger partial charge in [-0.3, -0.25) is 19.3 Å². The van der Waals surface area contributed by atoms with Crippen molar-refractivity contribution in [1.29, 1.82) is 0 Å². The lowest BCUT2D eigenvalue weighted by Gasteiger charge is -2.43. The van der Waals surface area contributed by atoms with Gasteiger partial charge >= 0.3 is 0 Å². The summed E-state index contributed by atoms with van der Waals surface area (Å²) in [5.41, 5.74) is 0.285. The third-order valence-electron chi connectivity index (χ3n) is 5.24. The van der Waals surface area contributed by atoms with Gasteiger partial charge in [-0.1, -0.05) is 30.3 Å². The van der Waals surface area contributed by atoms with E-state index in [-0.39, 0.29) is 5.91 Å². The Hall–Kier alpha value is -2.53. The lowest BCUT2D eigenvalue weighted by atomic mass is 9.79. The van der Waals surface area contributed by atoms with Crippen molar-refractivity contribution in [2.45, 2.75) is 44.8 Å². The van der Waals surface area contributed by atoms with Gasteiger partial charge in [0.15, 0.2) is 0 Å². The van der Waals surface area contributed by atoms with Crippen molar-refractivity contribution < 1.29 is 34.4 Å². The molecule has 3 rings (SSSR count). The molecule has 1 amide bonds. The highest BCUT2D eigenvalue weighted by atomic mass is 16.5. The number of piperidine rings is 1. The zero-order valence-corrected chi connectivity index (χ0v) is 19.5. The Kier molecular flexibility index (Phi) is 13.2. The van der Waals surface area contributed by atoms with E-state index >= 15 is 0 Å². The fraction of sp³-hybridized carbons (Fsp3) is 0.609. The van der Waals surface area contributed by atoms with Gasteiger partial charge in [0.05, 0.1) is 24.9 Å². The first kappa shape index (κ1) is 28.5. The number of aliphatic hydroxyl groups excluding tert-OH is 1. The third kappa shape index (κ3) is 11.2. The molecule has 186 valence electrons. The Balaban J connectivity index is 0.000000591. The largest absolute Gasteiger partial charge is 0.481 e. The van der Waals surface area contributed by atoms with Crippen LogP contribution in [0.4, 0.5) is 0 Å². The summed E-state index contributed by atoms with van der Waals surface area (Å²) in [5, 5.41) is 31.8. The van der Waals surface area contributed by atoms with E-state index in [0.29, 0.717) is 19.4 Å². The topological polar surface area (TPSA) is 148 Å². The molecule has 2 heterocycles. The van der Waals surface area contributed by atoms with Crippen molar-refractivity contribution in [3.05, 3.63) is 35.9 Å². The van der Waals surface area contributed by atoms with Crippen LogP contribution in [0.3, 0.4) is 0 Å². The molecule has 0 aromatic heterocycles. The van der Waals surface area contributed by atoms with Crippen LogP contribution in [0.1, 0.15) is 38.7 Å². The minimum atomic E-state index is -0.833. The summed E-state index contributed by atoms with van der Waals surface area (Å²) in [6.07, 6.45) is 1.36. The molecule has 2 aliphatic rings. The van der Waals surface area contributed by atoms with Gasteiger partial charge in [-0.2, -0.15) is 0 Å². The average molecular weight is 468 g/mol. The number of aliphatic carboxylic acids is 2. The number of aliphatic hydroxyl groups is 1. The van der Waals surface area contributed by atoms with Gasteiger partial charge in [0.1, 0.15) is 0 Å². The van der Waals surface area contributed by atoms with Crippen LogP contribution in [-0.2, 0) is 24.7 Å². The van der Waals surface area contributed by atoms with E-state index in [1.54, 1.807) is 0 Å². The maximum atomic E-state index is 12.6. The molecule has 1 aromatic rings. The molecule has 5 N–H and O–H groups in total. The number of hydrogen-bond donors (Lipinski definition) is 5. The maximum absolute atomic E-state index is 12.6. The summed E-state index contributed by atoms with van der Waals surface area (Å²) in [6, 6.07) is 9.84. The number of hydrogen-bond acceptors (Lipinski definition) is 7. The molecule has 2 fully saturated rings. The molecule has 0 spiro atoms. The van der Waals surface area contributed by atoms with Gasteiger partial charge in [0.25, 0.3) is 11.9 Å². The third-order valence-corrected chi connectivity index (χ3v) is 5.24. The van der Waals surface area contributed by atoms with Gasteiger partial charge in [-0.05, 0) is 31.5 Å². The standard InChI is InChI=1S/C19H29N3O3.2C2H4O2/c23-17-15-20-9-8-19(17,16-5-2-1-3-6-16)21-18(24)7-4-10-22-11-13-25-14-12-22;2*1-2(3)4/h1-3,5-6,17,20,23H,4,7-15H2,(H,21,24);2*1H3,(H,3,4)/t17-,19+;;/m1../s1. The average Bonchev–Trinajstić information content (AvgIpc) is 2.76. The summed E-state index contributed by atoms with van der Waals surface area (Å²) >= 11 is 0. The Morgan fingerprint density at radius 2 is 1.70 bits per heavy atom. The SMILES string of the molecule is CC(=O)O.CC(=O)O.O=C(CCCN1CCOCC1)N[C@]1(c2ccccc2)CCNC[C@H]1O. The predicted molar refractivity (Wildman–Crippen MR) is 123 cm³/mol. The van der Waals surface area contributed by atoms with Crippen LogP contribution in [0.15, 0.2) is 30.3 Å². The van der Waals surface area contributed by atoms with Gasteiger partial charge < -0.3 is 30.7 Å². The van der Waals surface area contributed by atoms with E-state index in [4.69, 9.17) is 24.5 Å². The van der Waals surface area contributed by atoms with Crippen LogP contribution in [-0.4, -0.2) is 90.1 Å². The lowest BCUT2D eigenvalue weighted by molar-refractivity contribution is -0.135. The molecule has 2 atom stereocenters. The molecule has 0 unspecified atom stereocenters. The zero-order chi connectivity index (χ0) is 24.7. The van der Waals surface area contributed by atoms with Crippen LogP contribution in [0.5, 0.6) is 0 Å². The molecule has 0 bridgehead atoms. The predicted octanol–water partition coefficient (Wildman–Crippen LogP) is 0.647. The van der Waals surface area contributed by atoms with E-state index in [1.165, 1.54) is 0 Å². The highest BCUT2D eigenvalue weighted by Gasteiger charge is 2.42. The number of carboxylic acids is 2. The summed E-state index contributed by atoms with van der Waals surface area (Å²) in [5.74, 6) is -1.65. The van der Waals surface area contributed by atoms with Gasteiger partial charge in [0, 0.05) is 39.9 Å². The summed E-state index contributed by atoms with van der Waals surface area (Å²) in [4.78, 5) is 32.9. The van der Waals surface area contributed by atoms with E-state index < -0.39 is 23.6 Å². The van der Waals surface area contributed by atoms with Crippen molar-refractivity contribution in [2.24, 2.45) is 0 Å². The molecule has 1 aromatic carbocycles. The number of morpholine rings is 1. The zero-order valence-electron chi connectivity index (χ0n) is 19.5. The molecule has 0 radical (unpaired) electrons. The van der Waals surface area contributed by atoms with Gasteiger partial charge in [-0.25, -0.2) is 0 Å². The minimum Gasteiger partial charge on any atom is -0.481 e. The number of benzene rings is 1. The van der Waals surface area contributed by atoms with Crippen molar-refractivity contribution in [1.82, 2.24) is 15.5 Å². The summed E-state index contributed by atoms with van der Waals surface area (Å²) in [6.45, 7) is 7.80. The first-order chi connectivity index (χ1) is 15.7. The molecular formula is C23H37N3O7. The minimum absolute atomic E-state index is 0.0121. The van der Waals surface area contributed by atoms with Crippen LogP contribution < -0.4 is 10.6 Å². The fourth-order valence-electron chi connectivity index (χ4n) is 3.75. The molecular weight excluding hydrogens is 430 g/mol. The first-order valence-electron chi connectivity index (χ1n) is 11.1. The van der Waals surface area contributed by atoms with Gasteiger partial charge in [-0.15, -0.1) is 0 Å². The summed E-state index contributed by atoms with van der Waals surface area (Å²) in [7, 11) is 0. The first-order valence-corrected chi connectivity index (χ1v) is 11.1. The van der Waals surface area contributed by atoms with E-state index in [2.05, 4.69) is 15.5 Å². The number of ether oxygens (including phenoxy) is 1. The molecule has 10 heteroatoms. The number of rotatable bonds is 6. The number of β-amino-alcohol motifs (C(OH)–C–C–N with tert-alkyl or cyclic N) is 1. The van der Waals surface area contributed by atoms with Crippen LogP contribution in [0, 0.1) is 0 Å². The Labute approximate surface area is 194 Å². The molecule has 0 aliphatic carbocycles. The van der Waals surface area contributed by atoms with Crippen molar-refractivity contribution in [2.75, 3.05) is 45.9 Å². The highest BCUT2D eigenvalue weighted by Crippen LogP contribution is 2.31. The van der Waals surface area contributed by atoms with E-state index in [0.717, 1.165) is 65.2 Å². The number of amides is 1. The quantitative estimate of drug-likeness (QED) is 0.406. The lowest BCUT2D eigenvalue weighted by Crippen LogP contribution is -2.61. The smallest absolute Gasteiger partial charge is 0.300 e. The van der Waals surface area contributed by atoms with Crippen molar-refractivity contribution >= 4 is 17.8 Å². The van der Waals surface area contributed by atoms with Crippen LogP contribution >= 0.6 is 0 Å². The highest BCUT2D eigenvalue weighted by molar-refractivity contribution is 5.77. The number of nitrogens with zero attached hydrogens (tertiary/aromatic N) is 1. The second-order valence-electron chi connectivity index (χ2n) is 7.95. The molecule has 0 saturated carbocycles. The van der Waals surface area contributed by atoms with E-state index in [9.17, 15) is 9.90 Å². The second kappa shape index (κ2) is 15.3. The van der Waals surface area contributed by atoms with Gasteiger partial charge in [0.2, 0.25) is 5.91 Å². The van der Waals surface area contributed by atoms with Crippen LogP contribution in [0.2, 0.25) is 0 Å². The number of carboxylic acid groups (broad SMARTS) is 2.